The van der Waals surface area contributed by atoms with Gasteiger partial charge in [0.2, 0.25) is 0 Å². The maximum Gasteiger partial charge on any atom is 0.341 e. The summed E-state index contributed by atoms with van der Waals surface area (Å²) in [6.07, 6.45) is 2.90. The van der Waals surface area contributed by atoms with Crippen LogP contribution in [0.25, 0.3) is 0 Å². The minimum absolute atomic E-state index is 0.0745. The topological polar surface area (TPSA) is 59.8 Å². The summed E-state index contributed by atoms with van der Waals surface area (Å²) >= 11 is 3.19. The highest BCUT2D eigenvalue weighted by Crippen LogP contribution is 2.39. The van der Waals surface area contributed by atoms with Gasteiger partial charge in [0.15, 0.2) is 6.54 Å². The van der Waals surface area contributed by atoms with Gasteiger partial charge in [-0.25, -0.2) is 4.79 Å². The third kappa shape index (κ3) is 4.34. The molecule has 2 N–H and O–H groups in total. The molecule has 0 saturated carbocycles. The van der Waals surface area contributed by atoms with Gasteiger partial charge < -0.3 is 15.0 Å². The molecule has 3 rings (SSSR count). The molecule has 0 bridgehead atoms. The molecule has 0 fully saturated rings. The van der Waals surface area contributed by atoms with Crippen molar-refractivity contribution in [2.45, 2.75) is 32.7 Å². The number of hydrogen-bond acceptors (Lipinski definition) is 5. The van der Waals surface area contributed by atoms with E-state index in [4.69, 9.17) is 4.74 Å². The van der Waals surface area contributed by atoms with Crippen LogP contribution in [0.15, 0.2) is 16.8 Å². The molecule has 5 nitrogen and oxygen atoms in total. The number of nitrogens with one attached hydrogen (secondary N) is 2. The van der Waals surface area contributed by atoms with Crippen LogP contribution in [-0.2, 0) is 28.9 Å². The number of fused-ring (bicyclic) bond motifs is 1. The number of quaternary nitrogens is 1. The van der Waals surface area contributed by atoms with Crippen molar-refractivity contribution in [2.24, 2.45) is 5.92 Å². The molecule has 2 aromatic heterocycles. The van der Waals surface area contributed by atoms with E-state index in [0.29, 0.717) is 23.0 Å². The minimum atomic E-state index is -0.355. The summed E-state index contributed by atoms with van der Waals surface area (Å²) in [5.41, 5.74) is 2.86. The SMILES string of the molecule is COC(=O)c1c(NC(=O)C[NH+](C)Cc2ccsc2)sc2c1CC[C@H](C)C2. The lowest BCUT2D eigenvalue weighted by atomic mass is 9.88. The van der Waals surface area contributed by atoms with Gasteiger partial charge in [0, 0.05) is 10.4 Å². The van der Waals surface area contributed by atoms with Gasteiger partial charge in [-0.15, -0.1) is 11.3 Å². The van der Waals surface area contributed by atoms with E-state index in [0.717, 1.165) is 36.3 Å². The molecule has 0 aliphatic heterocycles. The largest absolute Gasteiger partial charge is 0.465 e. The predicted octanol–water partition coefficient (Wildman–Crippen LogP) is 2.37. The van der Waals surface area contributed by atoms with E-state index < -0.39 is 0 Å². The quantitative estimate of drug-likeness (QED) is 0.741. The summed E-state index contributed by atoms with van der Waals surface area (Å²) in [6, 6.07) is 2.08. The van der Waals surface area contributed by atoms with E-state index in [-0.39, 0.29) is 11.9 Å². The second-order valence-electron chi connectivity index (χ2n) is 7.04. The first-order valence-corrected chi connectivity index (χ1v) is 10.6. The Bertz CT molecular complexity index is 783. The Hall–Kier alpha value is -1.70. The molecule has 1 unspecified atom stereocenters. The van der Waals surface area contributed by atoms with E-state index >= 15 is 0 Å². The van der Waals surface area contributed by atoms with Gasteiger partial charge in [0.1, 0.15) is 11.5 Å². The Morgan fingerprint density at radius 1 is 1.42 bits per heavy atom. The standard InChI is InChI=1S/C19H24N2O3S2/c1-12-4-5-14-15(8-12)26-18(17(14)19(23)24-3)20-16(22)10-21(2)9-13-6-7-25-11-13/h6-7,11-12H,4-5,8-10H2,1-3H3,(H,20,22)/p+1/t12-/m0/s1. The Balaban J connectivity index is 1.72. The highest BCUT2D eigenvalue weighted by atomic mass is 32.1. The van der Waals surface area contributed by atoms with E-state index in [9.17, 15) is 9.59 Å². The molecule has 1 aliphatic carbocycles. The summed E-state index contributed by atoms with van der Waals surface area (Å²) < 4.78 is 4.97. The van der Waals surface area contributed by atoms with Gasteiger partial charge in [0.25, 0.3) is 5.91 Å². The molecule has 0 spiro atoms. The molecule has 1 aliphatic rings. The Morgan fingerprint density at radius 2 is 2.23 bits per heavy atom. The van der Waals surface area contributed by atoms with Gasteiger partial charge in [0.05, 0.1) is 19.7 Å². The monoisotopic (exact) mass is 393 g/mol. The second-order valence-corrected chi connectivity index (χ2v) is 8.92. The number of rotatable bonds is 6. The third-order valence-corrected chi connectivity index (χ3v) is 6.60. The van der Waals surface area contributed by atoms with Crippen LogP contribution in [0.2, 0.25) is 0 Å². The number of anilines is 1. The Kier molecular flexibility index (Phi) is 6.11. The molecule has 140 valence electrons. The van der Waals surface area contributed by atoms with Crippen LogP contribution in [-0.4, -0.2) is 32.6 Å². The number of esters is 1. The van der Waals surface area contributed by atoms with Crippen molar-refractivity contribution in [1.82, 2.24) is 0 Å². The molecule has 0 aromatic carbocycles. The molecular weight excluding hydrogens is 368 g/mol. The lowest BCUT2D eigenvalue weighted by Gasteiger charge is -2.18. The number of methoxy groups -OCH3 is 1. The number of amides is 1. The lowest BCUT2D eigenvalue weighted by molar-refractivity contribution is -0.885. The average Bonchev–Trinajstić information content (AvgIpc) is 3.20. The first-order valence-electron chi connectivity index (χ1n) is 8.83. The smallest absolute Gasteiger partial charge is 0.341 e. The van der Waals surface area contributed by atoms with Gasteiger partial charge >= 0.3 is 5.97 Å². The van der Waals surface area contributed by atoms with Gasteiger partial charge in [-0.3, -0.25) is 4.79 Å². The number of thiophene rings is 2. The van der Waals surface area contributed by atoms with E-state index in [1.54, 1.807) is 11.3 Å². The van der Waals surface area contributed by atoms with Gasteiger partial charge in [-0.05, 0) is 47.6 Å². The summed E-state index contributed by atoms with van der Waals surface area (Å²) in [7, 11) is 3.39. The van der Waals surface area contributed by atoms with Crippen molar-refractivity contribution in [3.05, 3.63) is 38.4 Å². The highest BCUT2D eigenvalue weighted by molar-refractivity contribution is 7.17. The number of carbonyl (C=O) groups is 2. The normalized spacial score (nSPS) is 17.4. The summed E-state index contributed by atoms with van der Waals surface area (Å²) in [5.74, 6) is 0.178. The summed E-state index contributed by atoms with van der Waals surface area (Å²) in [4.78, 5) is 27.1. The molecule has 1 amide bonds. The number of carbonyl (C=O) groups excluding carboxylic acids is 2. The van der Waals surface area contributed by atoms with Crippen LogP contribution < -0.4 is 10.2 Å². The first kappa shape index (κ1) is 19.1. The molecule has 0 saturated heterocycles. The predicted molar refractivity (Wildman–Crippen MR) is 105 cm³/mol. The molecule has 2 atom stereocenters. The van der Waals surface area contributed by atoms with Crippen LogP contribution >= 0.6 is 22.7 Å². The molecular formula is C19H25N2O3S2+. The molecule has 2 aromatic rings. The van der Waals surface area contributed by atoms with Crippen molar-refractivity contribution >= 4 is 39.6 Å². The van der Waals surface area contributed by atoms with Crippen molar-refractivity contribution in [2.75, 3.05) is 26.0 Å². The van der Waals surface area contributed by atoms with Crippen LogP contribution in [0, 0.1) is 5.92 Å². The van der Waals surface area contributed by atoms with E-state index in [1.165, 1.54) is 28.9 Å². The fraction of sp³-hybridized carbons (Fsp3) is 0.474. The molecule has 7 heteroatoms. The summed E-state index contributed by atoms with van der Waals surface area (Å²) in [6.45, 7) is 3.39. The molecule has 26 heavy (non-hydrogen) atoms. The van der Waals surface area contributed by atoms with Crippen molar-refractivity contribution in [3.8, 4) is 0 Å². The molecule has 0 radical (unpaired) electrons. The number of hydrogen-bond donors (Lipinski definition) is 2. The first-order chi connectivity index (χ1) is 12.5. The summed E-state index contributed by atoms with van der Waals surface area (Å²) in [5, 5.41) is 7.76. The number of ether oxygens (including phenoxy) is 1. The zero-order valence-electron chi connectivity index (χ0n) is 15.4. The van der Waals surface area contributed by atoms with Crippen LogP contribution in [0.3, 0.4) is 0 Å². The zero-order chi connectivity index (χ0) is 18.7. The van der Waals surface area contributed by atoms with Gasteiger partial charge in [-0.2, -0.15) is 11.3 Å². The zero-order valence-corrected chi connectivity index (χ0v) is 17.0. The van der Waals surface area contributed by atoms with Crippen LogP contribution in [0.4, 0.5) is 5.00 Å². The Morgan fingerprint density at radius 3 is 2.92 bits per heavy atom. The Labute approximate surface area is 162 Å². The highest BCUT2D eigenvalue weighted by Gasteiger charge is 2.29. The maximum atomic E-state index is 12.5. The second kappa shape index (κ2) is 8.33. The average molecular weight is 394 g/mol. The third-order valence-electron chi connectivity index (χ3n) is 4.70. The van der Waals surface area contributed by atoms with Crippen LogP contribution in [0.1, 0.15) is 39.7 Å². The fourth-order valence-corrected chi connectivity index (χ4v) is 5.49. The number of likely N-dealkylation sites (N-methyl/N-ethyl adjacent to an activating group) is 1. The lowest BCUT2D eigenvalue weighted by Crippen LogP contribution is -3.08. The van der Waals surface area contributed by atoms with Crippen molar-refractivity contribution < 1.29 is 19.2 Å². The van der Waals surface area contributed by atoms with E-state index in [2.05, 4.69) is 23.7 Å². The fourth-order valence-electron chi connectivity index (χ4n) is 3.41. The molecule has 2 heterocycles. The minimum Gasteiger partial charge on any atom is -0.465 e. The maximum absolute atomic E-state index is 12.5. The van der Waals surface area contributed by atoms with Crippen molar-refractivity contribution in [1.29, 1.82) is 0 Å². The van der Waals surface area contributed by atoms with Crippen LogP contribution in [0.5, 0.6) is 0 Å². The van der Waals surface area contributed by atoms with E-state index in [1.807, 2.05) is 12.4 Å². The van der Waals surface area contributed by atoms with Gasteiger partial charge in [-0.1, -0.05) is 6.92 Å². The van der Waals surface area contributed by atoms with Crippen molar-refractivity contribution in [3.63, 3.8) is 0 Å².